The van der Waals surface area contributed by atoms with Crippen molar-refractivity contribution < 1.29 is 18.0 Å². The van der Waals surface area contributed by atoms with Crippen LogP contribution in [-0.2, 0) is 12.7 Å². The highest BCUT2D eigenvalue weighted by atomic mass is 35.5. The lowest BCUT2D eigenvalue weighted by atomic mass is 10.0. The van der Waals surface area contributed by atoms with E-state index in [2.05, 4.69) is 20.5 Å². The molecule has 37 heavy (non-hydrogen) atoms. The van der Waals surface area contributed by atoms with Crippen LogP contribution in [0.5, 0.6) is 0 Å². The van der Waals surface area contributed by atoms with Gasteiger partial charge in [-0.15, -0.1) is 0 Å². The standard InChI is InChI=1S/C26H22ClF3N6O/c1-15-23(27)16(2)35(34-15)12-6-11-31-25(37)20-14-32-36-22(26(28,29)30)13-21(33-24(20)36)19-10-5-8-17-7-3-4-9-18(17)19/h3-5,7-10,13-14H,6,11-12H2,1-2H3,(H,31,37). The Balaban J connectivity index is 1.46. The van der Waals surface area contributed by atoms with E-state index in [1.54, 1.807) is 16.8 Å². The van der Waals surface area contributed by atoms with Gasteiger partial charge in [0.05, 0.1) is 28.3 Å². The first-order valence-electron chi connectivity index (χ1n) is 11.6. The van der Waals surface area contributed by atoms with Crippen LogP contribution in [-0.4, -0.2) is 36.8 Å². The Hall–Kier alpha value is -3.92. The lowest BCUT2D eigenvalue weighted by Gasteiger charge is -2.13. The van der Waals surface area contributed by atoms with Crippen LogP contribution in [0, 0.1) is 13.8 Å². The number of amides is 1. The van der Waals surface area contributed by atoms with Crippen molar-refractivity contribution >= 4 is 33.9 Å². The highest BCUT2D eigenvalue weighted by Crippen LogP contribution is 2.34. The molecule has 5 rings (SSSR count). The summed E-state index contributed by atoms with van der Waals surface area (Å²) < 4.78 is 44.4. The summed E-state index contributed by atoms with van der Waals surface area (Å²) in [7, 11) is 0. The van der Waals surface area contributed by atoms with Crippen LogP contribution in [0.4, 0.5) is 13.2 Å². The number of alkyl halides is 3. The second-order valence-corrected chi connectivity index (χ2v) is 9.04. The highest BCUT2D eigenvalue weighted by molar-refractivity contribution is 6.31. The van der Waals surface area contributed by atoms with Gasteiger partial charge in [-0.05, 0) is 37.1 Å². The van der Waals surface area contributed by atoms with Gasteiger partial charge in [0.15, 0.2) is 11.3 Å². The maximum Gasteiger partial charge on any atom is 0.433 e. The van der Waals surface area contributed by atoms with E-state index in [0.717, 1.165) is 34.4 Å². The SMILES string of the molecule is Cc1nn(CCCNC(=O)c2cnn3c(C(F)(F)F)cc(-c4cccc5ccccc45)nc23)c(C)c1Cl. The molecule has 0 spiro atoms. The Bertz CT molecular complexity index is 1630. The first-order chi connectivity index (χ1) is 17.6. The molecule has 0 aliphatic heterocycles. The Morgan fingerprint density at radius 3 is 2.59 bits per heavy atom. The van der Waals surface area contributed by atoms with Crippen molar-refractivity contribution in [2.45, 2.75) is 33.0 Å². The van der Waals surface area contributed by atoms with Crippen LogP contribution in [0.2, 0.25) is 5.02 Å². The molecule has 0 unspecified atom stereocenters. The summed E-state index contributed by atoms with van der Waals surface area (Å²) in [5.74, 6) is -0.558. The van der Waals surface area contributed by atoms with Crippen LogP contribution < -0.4 is 5.32 Å². The van der Waals surface area contributed by atoms with E-state index in [1.807, 2.05) is 44.2 Å². The number of aromatic nitrogens is 5. The van der Waals surface area contributed by atoms with Crippen molar-refractivity contribution in [3.8, 4) is 11.3 Å². The molecule has 0 atom stereocenters. The largest absolute Gasteiger partial charge is 0.433 e. The van der Waals surface area contributed by atoms with Crippen molar-refractivity contribution in [2.24, 2.45) is 0 Å². The molecule has 0 radical (unpaired) electrons. The zero-order chi connectivity index (χ0) is 26.3. The summed E-state index contributed by atoms with van der Waals surface area (Å²) in [6, 6.07) is 13.7. The van der Waals surface area contributed by atoms with Gasteiger partial charge in [0.1, 0.15) is 5.56 Å². The topological polar surface area (TPSA) is 77.1 Å². The fraction of sp³-hybridized carbons (Fsp3) is 0.231. The van der Waals surface area contributed by atoms with Gasteiger partial charge < -0.3 is 5.32 Å². The molecule has 0 saturated heterocycles. The number of fused-ring (bicyclic) bond motifs is 2. The third-order valence-electron chi connectivity index (χ3n) is 6.20. The van der Waals surface area contributed by atoms with E-state index >= 15 is 0 Å². The van der Waals surface area contributed by atoms with Crippen LogP contribution in [0.1, 0.15) is 33.9 Å². The number of aryl methyl sites for hydroxylation is 2. The summed E-state index contributed by atoms with van der Waals surface area (Å²) in [6.07, 6.45) is -3.05. The maximum absolute atomic E-state index is 14.0. The molecular weight excluding hydrogens is 505 g/mol. The molecular formula is C26H22ClF3N6O. The predicted molar refractivity (Wildman–Crippen MR) is 135 cm³/mol. The first kappa shape index (κ1) is 24.8. The van der Waals surface area contributed by atoms with Crippen LogP contribution in [0.15, 0.2) is 54.7 Å². The molecule has 1 N–H and O–H groups in total. The Morgan fingerprint density at radius 1 is 1.11 bits per heavy atom. The monoisotopic (exact) mass is 526 g/mol. The Kier molecular flexibility index (Phi) is 6.36. The van der Waals surface area contributed by atoms with Crippen LogP contribution >= 0.6 is 11.6 Å². The minimum Gasteiger partial charge on any atom is -0.352 e. The molecule has 190 valence electrons. The minimum absolute atomic E-state index is 0.0401. The van der Waals surface area contributed by atoms with Gasteiger partial charge in [-0.3, -0.25) is 9.48 Å². The predicted octanol–water partition coefficient (Wildman–Crippen LogP) is 5.86. The molecule has 3 aromatic heterocycles. The molecule has 0 fully saturated rings. The number of benzene rings is 2. The molecule has 0 aliphatic carbocycles. The van der Waals surface area contributed by atoms with Crippen LogP contribution in [0.25, 0.3) is 27.7 Å². The number of carbonyl (C=O) groups is 1. The van der Waals surface area contributed by atoms with E-state index in [0.29, 0.717) is 28.1 Å². The summed E-state index contributed by atoms with van der Waals surface area (Å²) in [4.78, 5) is 17.4. The fourth-order valence-corrected chi connectivity index (χ4v) is 4.47. The van der Waals surface area contributed by atoms with Gasteiger partial charge >= 0.3 is 6.18 Å². The average molecular weight is 527 g/mol. The van der Waals surface area contributed by atoms with Gasteiger partial charge in [-0.1, -0.05) is 54.1 Å². The first-order valence-corrected chi connectivity index (χ1v) is 11.9. The second-order valence-electron chi connectivity index (χ2n) is 8.66. The lowest BCUT2D eigenvalue weighted by Crippen LogP contribution is -2.25. The third kappa shape index (κ3) is 4.64. The zero-order valence-corrected chi connectivity index (χ0v) is 20.7. The number of nitrogens with one attached hydrogen (secondary N) is 1. The van der Waals surface area contributed by atoms with E-state index < -0.39 is 17.8 Å². The summed E-state index contributed by atoms with van der Waals surface area (Å²) in [6.45, 7) is 4.47. The van der Waals surface area contributed by atoms with E-state index in [-0.39, 0.29) is 23.4 Å². The number of hydrogen-bond donors (Lipinski definition) is 1. The van der Waals surface area contributed by atoms with E-state index in [9.17, 15) is 18.0 Å². The summed E-state index contributed by atoms with van der Waals surface area (Å²) >= 11 is 6.17. The van der Waals surface area contributed by atoms with Gasteiger partial charge in [-0.2, -0.15) is 23.4 Å². The smallest absolute Gasteiger partial charge is 0.352 e. The molecule has 0 aliphatic rings. The van der Waals surface area contributed by atoms with Crippen molar-refractivity contribution in [3.05, 3.63) is 82.4 Å². The normalized spacial score (nSPS) is 11.9. The molecule has 0 saturated carbocycles. The van der Waals surface area contributed by atoms with E-state index in [4.69, 9.17) is 11.6 Å². The number of rotatable bonds is 6. The number of halogens is 4. The quantitative estimate of drug-likeness (QED) is 0.281. The molecule has 1 amide bonds. The Morgan fingerprint density at radius 2 is 1.86 bits per heavy atom. The molecule has 2 aromatic carbocycles. The average Bonchev–Trinajstić information content (AvgIpc) is 3.41. The number of carbonyl (C=O) groups excluding carboxylic acids is 1. The van der Waals surface area contributed by atoms with Gasteiger partial charge in [-0.25, -0.2) is 9.50 Å². The van der Waals surface area contributed by atoms with Crippen molar-refractivity contribution in [2.75, 3.05) is 6.54 Å². The van der Waals surface area contributed by atoms with E-state index in [1.165, 1.54) is 0 Å². The molecule has 5 aromatic rings. The number of hydrogen-bond acceptors (Lipinski definition) is 4. The third-order valence-corrected chi connectivity index (χ3v) is 6.74. The minimum atomic E-state index is -4.71. The van der Waals surface area contributed by atoms with Gasteiger partial charge in [0, 0.05) is 18.7 Å². The Labute approximate surface area is 214 Å². The number of nitrogens with zero attached hydrogens (tertiary/aromatic N) is 5. The fourth-order valence-electron chi connectivity index (χ4n) is 4.33. The second kappa shape index (κ2) is 9.51. The summed E-state index contributed by atoms with van der Waals surface area (Å²) in [5, 5.41) is 13.2. The molecule has 0 bridgehead atoms. The van der Waals surface area contributed by atoms with Gasteiger partial charge in [0.25, 0.3) is 5.91 Å². The molecule has 11 heteroatoms. The maximum atomic E-state index is 14.0. The zero-order valence-electron chi connectivity index (χ0n) is 20.0. The van der Waals surface area contributed by atoms with Crippen molar-refractivity contribution in [1.29, 1.82) is 0 Å². The van der Waals surface area contributed by atoms with Crippen molar-refractivity contribution in [3.63, 3.8) is 0 Å². The summed E-state index contributed by atoms with van der Waals surface area (Å²) in [5.41, 5.74) is 0.971. The molecule has 3 heterocycles. The van der Waals surface area contributed by atoms with Crippen molar-refractivity contribution in [1.82, 2.24) is 29.7 Å². The molecule has 7 nitrogen and oxygen atoms in total. The van der Waals surface area contributed by atoms with Gasteiger partial charge in [0.2, 0.25) is 0 Å². The van der Waals surface area contributed by atoms with Crippen LogP contribution in [0.3, 0.4) is 0 Å². The highest BCUT2D eigenvalue weighted by Gasteiger charge is 2.36. The lowest BCUT2D eigenvalue weighted by molar-refractivity contribution is -0.142.